The van der Waals surface area contributed by atoms with Crippen LogP contribution in [0.1, 0.15) is 78.7 Å². The molecule has 1 aliphatic heterocycles. The molecule has 0 saturated carbocycles. The lowest BCUT2D eigenvalue weighted by atomic mass is 9.63. The Kier molecular flexibility index (Phi) is 8.42. The molecule has 0 atom stereocenters. The fourth-order valence-corrected chi connectivity index (χ4v) is 8.35. The Bertz CT molecular complexity index is 1620. The molecular weight excluding hydrogens is 654 g/mol. The number of nitrogens with zero attached hydrogens (tertiary/aromatic N) is 1. The van der Waals surface area contributed by atoms with Crippen molar-refractivity contribution in [3.8, 4) is 11.5 Å². The molecule has 0 aromatic heterocycles. The van der Waals surface area contributed by atoms with E-state index in [2.05, 4.69) is 55.4 Å². The van der Waals surface area contributed by atoms with E-state index in [-0.39, 0.29) is 45.4 Å². The maximum absolute atomic E-state index is 14.0. The van der Waals surface area contributed by atoms with E-state index in [4.69, 9.17) is 20.5 Å². The highest BCUT2D eigenvalue weighted by Crippen LogP contribution is 2.55. The van der Waals surface area contributed by atoms with Crippen LogP contribution >= 0.6 is 27.5 Å². The number of ether oxygens (including phenoxy) is 1. The fourth-order valence-electron chi connectivity index (χ4n) is 6.62. The highest BCUT2D eigenvalue weighted by molar-refractivity contribution is 9.10. The first-order valence-electron chi connectivity index (χ1n) is 14.5. The van der Waals surface area contributed by atoms with Crippen molar-refractivity contribution in [2.75, 3.05) is 13.2 Å². The van der Waals surface area contributed by atoms with Gasteiger partial charge in [-0.15, -0.1) is 0 Å². The van der Waals surface area contributed by atoms with Crippen LogP contribution in [0.4, 0.5) is 0 Å². The number of hydrogen-bond donors (Lipinski definition) is 0. The topological polar surface area (TPSA) is 90.0 Å². The summed E-state index contributed by atoms with van der Waals surface area (Å²) in [6.07, 6.45) is 2.18. The molecule has 43 heavy (non-hydrogen) atoms. The highest BCUT2D eigenvalue weighted by atomic mass is 79.9. The van der Waals surface area contributed by atoms with Crippen molar-refractivity contribution in [2.24, 2.45) is 10.8 Å². The number of rotatable bonds is 7. The molecular formula is C33H37BrClNO6S. The predicted molar refractivity (Wildman–Crippen MR) is 170 cm³/mol. The number of carbonyl (C=O) groups is 2. The number of allylic oxidation sites excluding steroid dienone is 4. The third-order valence-electron chi connectivity index (χ3n) is 8.30. The zero-order chi connectivity index (χ0) is 31.5. The van der Waals surface area contributed by atoms with Crippen molar-refractivity contribution in [3.05, 3.63) is 74.0 Å². The molecule has 230 valence electrons. The Morgan fingerprint density at radius 2 is 1.44 bits per heavy atom. The summed E-state index contributed by atoms with van der Waals surface area (Å²) >= 11 is 9.49. The van der Waals surface area contributed by atoms with Gasteiger partial charge < -0.3 is 13.8 Å². The summed E-state index contributed by atoms with van der Waals surface area (Å²) in [6, 6.07) is 9.15. The zero-order valence-corrected chi connectivity index (χ0v) is 28.5. The van der Waals surface area contributed by atoms with Gasteiger partial charge in [0.25, 0.3) is 0 Å². The van der Waals surface area contributed by atoms with Gasteiger partial charge in [-0.05, 0) is 95.4 Å². The van der Waals surface area contributed by atoms with Crippen LogP contribution in [0.15, 0.2) is 68.3 Å². The van der Waals surface area contributed by atoms with Gasteiger partial charge in [0.05, 0.1) is 11.1 Å². The lowest BCUT2D eigenvalue weighted by molar-refractivity contribution is -0.119. The van der Waals surface area contributed by atoms with Crippen LogP contribution in [-0.4, -0.2) is 38.0 Å². The van der Waals surface area contributed by atoms with Gasteiger partial charge in [-0.2, -0.15) is 8.42 Å². The number of Topliss-reactive ketones (excluding diaryl/α,β-unsaturated/α-hetero) is 2. The van der Waals surface area contributed by atoms with E-state index < -0.39 is 16.0 Å². The Balaban J connectivity index is 1.70. The summed E-state index contributed by atoms with van der Waals surface area (Å²) in [6.45, 7) is 13.2. The number of carbonyl (C=O) groups excluding carboxylic acids is 2. The first-order chi connectivity index (χ1) is 20.1. The molecule has 0 unspecified atom stereocenters. The minimum Gasteiger partial charge on any atom is -0.490 e. The SMILES string of the molecule is CCOc1cc(C2C3=C(CC(C)(C)CC3=O)N(CC)C3=C2C(=O)CC(C)(C)C3)cc(Br)c1OS(=O)(=O)c1ccc(Cl)cc1. The molecule has 0 radical (unpaired) electrons. The molecule has 0 saturated heterocycles. The molecule has 2 aliphatic carbocycles. The molecule has 0 spiro atoms. The van der Waals surface area contributed by atoms with E-state index in [1.54, 1.807) is 19.1 Å². The summed E-state index contributed by atoms with van der Waals surface area (Å²) < 4.78 is 38.3. The molecule has 0 N–H and O–H groups in total. The third kappa shape index (κ3) is 6.05. The van der Waals surface area contributed by atoms with Gasteiger partial charge in [0, 0.05) is 52.9 Å². The minimum absolute atomic E-state index is 0.0119. The van der Waals surface area contributed by atoms with Crippen LogP contribution in [0.5, 0.6) is 11.5 Å². The van der Waals surface area contributed by atoms with Crippen molar-refractivity contribution in [1.82, 2.24) is 4.90 Å². The van der Waals surface area contributed by atoms with E-state index in [0.717, 1.165) is 11.4 Å². The average molecular weight is 691 g/mol. The van der Waals surface area contributed by atoms with Crippen molar-refractivity contribution in [3.63, 3.8) is 0 Å². The smallest absolute Gasteiger partial charge is 0.339 e. The Morgan fingerprint density at radius 3 is 1.93 bits per heavy atom. The van der Waals surface area contributed by atoms with E-state index >= 15 is 0 Å². The summed E-state index contributed by atoms with van der Waals surface area (Å²) in [7, 11) is -4.23. The molecule has 0 fully saturated rings. The second-order valence-corrected chi connectivity index (χ2v) is 15.9. The summed E-state index contributed by atoms with van der Waals surface area (Å²) in [5, 5.41) is 0.400. The van der Waals surface area contributed by atoms with Crippen LogP contribution < -0.4 is 8.92 Å². The molecule has 3 aliphatic rings. The zero-order valence-electron chi connectivity index (χ0n) is 25.3. The van der Waals surface area contributed by atoms with Gasteiger partial charge in [-0.1, -0.05) is 39.3 Å². The van der Waals surface area contributed by atoms with Gasteiger partial charge in [-0.25, -0.2) is 0 Å². The Labute approximate surface area is 267 Å². The van der Waals surface area contributed by atoms with Crippen molar-refractivity contribution >= 4 is 49.2 Å². The molecule has 0 bridgehead atoms. The Hall–Kier alpha value is -2.62. The van der Waals surface area contributed by atoms with Gasteiger partial charge in [0.1, 0.15) is 4.90 Å². The number of hydrogen-bond acceptors (Lipinski definition) is 7. The van der Waals surface area contributed by atoms with Gasteiger partial charge >= 0.3 is 10.1 Å². The average Bonchev–Trinajstić information content (AvgIpc) is 2.88. The molecule has 0 amide bonds. The van der Waals surface area contributed by atoms with Crippen molar-refractivity contribution in [2.45, 2.75) is 78.0 Å². The number of halogens is 2. The number of benzene rings is 2. The van der Waals surface area contributed by atoms with E-state index in [1.165, 1.54) is 24.3 Å². The minimum atomic E-state index is -4.23. The molecule has 10 heteroatoms. The largest absolute Gasteiger partial charge is 0.490 e. The summed E-state index contributed by atoms with van der Waals surface area (Å²) in [5.41, 5.74) is 3.46. The third-order valence-corrected chi connectivity index (χ3v) is 10.4. The second kappa shape index (κ2) is 11.4. The van der Waals surface area contributed by atoms with E-state index in [9.17, 15) is 18.0 Å². The van der Waals surface area contributed by atoms with Crippen LogP contribution in [0.2, 0.25) is 5.02 Å². The van der Waals surface area contributed by atoms with Crippen molar-refractivity contribution in [1.29, 1.82) is 0 Å². The first-order valence-corrected chi connectivity index (χ1v) is 17.1. The number of ketones is 2. The lowest BCUT2D eigenvalue weighted by Gasteiger charge is -2.49. The lowest BCUT2D eigenvalue weighted by Crippen LogP contribution is -2.44. The summed E-state index contributed by atoms with van der Waals surface area (Å²) in [5.74, 6) is -0.365. The first kappa shape index (κ1) is 31.8. The molecule has 1 heterocycles. The molecule has 2 aromatic carbocycles. The van der Waals surface area contributed by atoms with Crippen molar-refractivity contribution < 1.29 is 26.9 Å². The maximum Gasteiger partial charge on any atom is 0.339 e. The van der Waals surface area contributed by atoms with Crippen LogP contribution in [0.3, 0.4) is 0 Å². The van der Waals surface area contributed by atoms with Crippen LogP contribution in [0, 0.1) is 10.8 Å². The standard InChI is InChI=1S/C33H37BrClNO6S/c1-7-36-23-15-32(3,4)17-25(37)29(23)28(30-24(36)16-33(5,6)18-26(30)38)19-13-22(34)31(27(14-19)41-8-2)42-43(39,40)21-11-9-20(35)10-12-21/h9-14,28H,7-8,15-18H2,1-6H3. The maximum atomic E-state index is 14.0. The van der Waals surface area contributed by atoms with E-state index in [1.807, 2.05) is 0 Å². The van der Waals surface area contributed by atoms with Crippen LogP contribution in [0.25, 0.3) is 0 Å². The highest BCUT2D eigenvalue weighted by Gasteiger charge is 2.49. The molecule has 7 nitrogen and oxygen atoms in total. The monoisotopic (exact) mass is 689 g/mol. The predicted octanol–water partition coefficient (Wildman–Crippen LogP) is 7.97. The quantitative estimate of drug-likeness (QED) is 0.272. The van der Waals surface area contributed by atoms with Gasteiger partial charge in [-0.3, -0.25) is 9.59 Å². The molecule has 5 rings (SSSR count). The van der Waals surface area contributed by atoms with E-state index in [0.29, 0.717) is 58.4 Å². The second-order valence-electron chi connectivity index (χ2n) is 13.0. The van der Waals surface area contributed by atoms with Gasteiger partial charge in [0.15, 0.2) is 23.1 Å². The molecule has 2 aromatic rings. The normalized spacial score (nSPS) is 20.2. The van der Waals surface area contributed by atoms with Gasteiger partial charge in [0.2, 0.25) is 0 Å². The van der Waals surface area contributed by atoms with Crippen LogP contribution in [-0.2, 0) is 19.7 Å². The Morgan fingerprint density at radius 1 is 0.907 bits per heavy atom. The summed E-state index contributed by atoms with van der Waals surface area (Å²) in [4.78, 5) is 30.1. The fraction of sp³-hybridized carbons (Fsp3) is 0.455.